The number of barbiturate groups is 1. The summed E-state index contributed by atoms with van der Waals surface area (Å²) in [6.45, 7) is 7.00. The third-order valence-corrected chi connectivity index (χ3v) is 4.01. The van der Waals surface area contributed by atoms with Crippen LogP contribution in [0, 0.1) is 5.92 Å². The molecule has 6 nitrogen and oxygen atoms in total. The maximum atomic E-state index is 12.6. The summed E-state index contributed by atoms with van der Waals surface area (Å²) >= 11 is 0. The number of urea groups is 1. The summed E-state index contributed by atoms with van der Waals surface area (Å²) in [5, 5.41) is 2.29. The summed E-state index contributed by atoms with van der Waals surface area (Å²) in [5.41, 5.74) is 0.581. The van der Waals surface area contributed by atoms with Crippen molar-refractivity contribution in [2.45, 2.75) is 65.7 Å². The van der Waals surface area contributed by atoms with Crippen molar-refractivity contribution in [2.24, 2.45) is 10.9 Å². The van der Waals surface area contributed by atoms with E-state index in [1.54, 1.807) is 0 Å². The third-order valence-electron chi connectivity index (χ3n) is 4.01. The lowest BCUT2D eigenvalue weighted by Gasteiger charge is -2.30. The van der Waals surface area contributed by atoms with E-state index in [9.17, 15) is 14.4 Å². The number of rotatable bonds is 10. The number of amides is 4. The zero-order chi connectivity index (χ0) is 17.2. The summed E-state index contributed by atoms with van der Waals surface area (Å²) in [7, 11) is 0. The van der Waals surface area contributed by atoms with Gasteiger partial charge in [-0.3, -0.25) is 24.8 Å². The lowest BCUT2D eigenvalue weighted by molar-refractivity contribution is -0.139. The SMILES string of the molecule is CCCCCCN=C(CC)C1C(=O)NC(=O)N(CCCC)C1=O. The normalized spacial score (nSPS) is 19.3. The summed E-state index contributed by atoms with van der Waals surface area (Å²) in [4.78, 5) is 42.1. The summed E-state index contributed by atoms with van der Waals surface area (Å²) < 4.78 is 0. The summed E-state index contributed by atoms with van der Waals surface area (Å²) in [5.74, 6) is -1.91. The molecular weight excluding hydrogens is 294 g/mol. The second kappa shape index (κ2) is 10.1. The van der Waals surface area contributed by atoms with Gasteiger partial charge in [-0.05, 0) is 19.3 Å². The Balaban J connectivity index is 2.79. The smallest absolute Gasteiger partial charge is 0.293 e. The Labute approximate surface area is 138 Å². The molecule has 0 spiro atoms. The van der Waals surface area contributed by atoms with Gasteiger partial charge in [0.1, 0.15) is 0 Å². The molecule has 0 aromatic heterocycles. The molecule has 0 saturated carbocycles. The zero-order valence-corrected chi connectivity index (χ0v) is 14.6. The molecule has 1 aliphatic heterocycles. The molecule has 23 heavy (non-hydrogen) atoms. The molecule has 0 radical (unpaired) electrons. The fourth-order valence-corrected chi connectivity index (χ4v) is 2.60. The van der Waals surface area contributed by atoms with Gasteiger partial charge in [0.25, 0.3) is 0 Å². The Kier molecular flexibility index (Phi) is 8.51. The molecule has 1 saturated heterocycles. The first-order chi connectivity index (χ1) is 11.1. The molecule has 1 aliphatic rings. The Morgan fingerprint density at radius 2 is 1.74 bits per heavy atom. The molecule has 1 atom stereocenters. The minimum Gasteiger partial charge on any atom is -0.293 e. The number of nitrogens with one attached hydrogen (secondary N) is 1. The fourth-order valence-electron chi connectivity index (χ4n) is 2.60. The highest BCUT2D eigenvalue weighted by atomic mass is 16.2. The highest BCUT2D eigenvalue weighted by Crippen LogP contribution is 2.16. The van der Waals surface area contributed by atoms with Crippen LogP contribution in [0.1, 0.15) is 65.7 Å². The highest BCUT2D eigenvalue weighted by Gasteiger charge is 2.42. The van der Waals surface area contributed by atoms with Crippen LogP contribution in [0.15, 0.2) is 4.99 Å². The second-order valence-corrected chi connectivity index (χ2v) is 5.86. The van der Waals surface area contributed by atoms with Gasteiger partial charge in [0, 0.05) is 18.8 Å². The van der Waals surface area contributed by atoms with Crippen molar-refractivity contribution in [3.8, 4) is 0 Å². The van der Waals surface area contributed by atoms with Crippen LogP contribution in [-0.2, 0) is 9.59 Å². The third kappa shape index (κ3) is 5.44. The van der Waals surface area contributed by atoms with Gasteiger partial charge in [-0.1, -0.05) is 46.5 Å². The Bertz CT molecular complexity index is 460. The van der Waals surface area contributed by atoms with Crippen molar-refractivity contribution in [3.63, 3.8) is 0 Å². The fraction of sp³-hybridized carbons (Fsp3) is 0.765. The summed E-state index contributed by atoms with van der Waals surface area (Å²) in [6, 6.07) is -0.608. The van der Waals surface area contributed by atoms with Gasteiger partial charge >= 0.3 is 6.03 Å². The Hall–Kier alpha value is -1.72. The van der Waals surface area contributed by atoms with E-state index >= 15 is 0 Å². The lowest BCUT2D eigenvalue weighted by Crippen LogP contribution is -2.60. The molecule has 1 unspecified atom stereocenters. The van der Waals surface area contributed by atoms with Crippen LogP contribution in [0.5, 0.6) is 0 Å². The van der Waals surface area contributed by atoms with Crippen molar-refractivity contribution in [1.82, 2.24) is 10.2 Å². The Morgan fingerprint density at radius 3 is 2.35 bits per heavy atom. The van der Waals surface area contributed by atoms with Crippen molar-refractivity contribution >= 4 is 23.6 Å². The number of aliphatic imine (C=N–C) groups is 1. The van der Waals surface area contributed by atoms with E-state index in [0.717, 1.165) is 37.0 Å². The van der Waals surface area contributed by atoms with Crippen LogP contribution in [-0.4, -0.2) is 41.5 Å². The van der Waals surface area contributed by atoms with Crippen LogP contribution in [0.25, 0.3) is 0 Å². The van der Waals surface area contributed by atoms with E-state index in [2.05, 4.69) is 17.2 Å². The van der Waals surface area contributed by atoms with Crippen molar-refractivity contribution in [3.05, 3.63) is 0 Å². The number of carbonyl (C=O) groups is 3. The second-order valence-electron chi connectivity index (χ2n) is 5.86. The molecule has 0 aliphatic carbocycles. The molecule has 1 heterocycles. The molecule has 6 heteroatoms. The monoisotopic (exact) mass is 323 g/mol. The molecule has 0 bridgehead atoms. The van der Waals surface area contributed by atoms with Crippen LogP contribution in [0.3, 0.4) is 0 Å². The maximum absolute atomic E-state index is 12.6. The molecule has 0 aromatic rings. The highest BCUT2D eigenvalue weighted by molar-refractivity contribution is 6.27. The largest absolute Gasteiger partial charge is 0.330 e. The van der Waals surface area contributed by atoms with E-state index in [-0.39, 0.29) is 0 Å². The van der Waals surface area contributed by atoms with Gasteiger partial charge in [0.15, 0.2) is 5.92 Å². The standard InChI is InChI=1S/C17H29N3O3/c1-4-7-9-10-11-18-13(6-3)14-15(21)19-17(23)20(16(14)22)12-8-5-2/h14H,4-12H2,1-3H3,(H,19,21,23). The van der Waals surface area contributed by atoms with Gasteiger partial charge in [-0.15, -0.1) is 0 Å². The number of imide groups is 2. The van der Waals surface area contributed by atoms with Gasteiger partial charge < -0.3 is 0 Å². The van der Waals surface area contributed by atoms with E-state index in [4.69, 9.17) is 0 Å². The zero-order valence-electron chi connectivity index (χ0n) is 14.6. The first kappa shape index (κ1) is 19.3. The average Bonchev–Trinajstić information content (AvgIpc) is 2.52. The van der Waals surface area contributed by atoms with Gasteiger partial charge in [-0.25, -0.2) is 4.79 Å². The number of nitrogens with zero attached hydrogens (tertiary/aromatic N) is 2. The van der Waals surface area contributed by atoms with Crippen molar-refractivity contribution in [1.29, 1.82) is 0 Å². The molecule has 130 valence electrons. The molecule has 0 aromatic carbocycles. The van der Waals surface area contributed by atoms with E-state index in [1.807, 2.05) is 13.8 Å². The minimum absolute atomic E-state index is 0.346. The quantitative estimate of drug-likeness (QED) is 0.381. The van der Waals surface area contributed by atoms with E-state index in [1.165, 1.54) is 6.42 Å². The molecule has 1 rings (SSSR count). The maximum Gasteiger partial charge on any atom is 0.330 e. The molecule has 1 N–H and O–H groups in total. The van der Waals surface area contributed by atoms with Gasteiger partial charge in [0.2, 0.25) is 11.8 Å². The van der Waals surface area contributed by atoms with Gasteiger partial charge in [0.05, 0.1) is 0 Å². The van der Waals surface area contributed by atoms with E-state index in [0.29, 0.717) is 25.2 Å². The van der Waals surface area contributed by atoms with Crippen LogP contribution in [0.4, 0.5) is 4.79 Å². The van der Waals surface area contributed by atoms with Crippen LogP contribution >= 0.6 is 0 Å². The van der Waals surface area contributed by atoms with Crippen LogP contribution < -0.4 is 5.32 Å². The van der Waals surface area contributed by atoms with Crippen molar-refractivity contribution in [2.75, 3.05) is 13.1 Å². The molecular formula is C17H29N3O3. The number of hydrogen-bond acceptors (Lipinski definition) is 4. The number of unbranched alkanes of at least 4 members (excludes halogenated alkanes) is 4. The first-order valence-electron chi connectivity index (χ1n) is 8.76. The lowest BCUT2D eigenvalue weighted by atomic mass is 9.96. The van der Waals surface area contributed by atoms with Gasteiger partial charge in [-0.2, -0.15) is 0 Å². The van der Waals surface area contributed by atoms with Crippen LogP contribution in [0.2, 0.25) is 0 Å². The molecule has 4 amide bonds. The van der Waals surface area contributed by atoms with Crippen molar-refractivity contribution < 1.29 is 14.4 Å². The predicted octanol–water partition coefficient (Wildman–Crippen LogP) is 2.91. The Morgan fingerprint density at radius 1 is 1.04 bits per heavy atom. The predicted molar refractivity (Wildman–Crippen MR) is 90.4 cm³/mol. The topological polar surface area (TPSA) is 78.8 Å². The number of hydrogen-bond donors (Lipinski definition) is 1. The average molecular weight is 323 g/mol. The number of carbonyl (C=O) groups excluding carboxylic acids is 3. The molecule has 1 fully saturated rings. The summed E-state index contributed by atoms with van der Waals surface area (Å²) in [6.07, 6.45) is 6.52. The minimum atomic E-state index is -0.944. The van der Waals surface area contributed by atoms with E-state index < -0.39 is 23.8 Å². The first-order valence-corrected chi connectivity index (χ1v) is 8.76.